The van der Waals surface area contributed by atoms with Crippen molar-refractivity contribution >= 4 is 17.0 Å². The molecule has 2 aliphatic heterocycles. The number of benzene rings is 2. The van der Waals surface area contributed by atoms with Gasteiger partial charge in [0.25, 0.3) is 0 Å². The number of carbonyl (C=O) groups is 1. The summed E-state index contributed by atoms with van der Waals surface area (Å²) in [6.07, 6.45) is 12.4. The molecule has 43 heavy (non-hydrogen) atoms. The lowest BCUT2D eigenvalue weighted by molar-refractivity contribution is 0.0218. The van der Waals surface area contributed by atoms with Crippen LogP contribution < -0.4 is 4.74 Å². The second kappa shape index (κ2) is 9.76. The number of amides is 1. The van der Waals surface area contributed by atoms with E-state index >= 15 is 0 Å². The summed E-state index contributed by atoms with van der Waals surface area (Å²) in [5, 5.41) is 1.08. The molecule has 3 aliphatic rings. The number of nitrogens with zero attached hydrogens (tertiary/aromatic N) is 4. The van der Waals surface area contributed by atoms with Crippen LogP contribution in [-0.2, 0) is 4.74 Å². The predicted octanol–water partition coefficient (Wildman–Crippen LogP) is 8.25. The molecule has 0 bridgehead atoms. The Morgan fingerprint density at radius 2 is 1.72 bits per heavy atom. The molecular weight excluding hydrogens is 540 g/mol. The zero-order valence-corrected chi connectivity index (χ0v) is 24.8. The van der Waals surface area contributed by atoms with Gasteiger partial charge in [-0.3, -0.25) is 4.90 Å². The van der Waals surface area contributed by atoms with Crippen LogP contribution in [0.4, 0.5) is 4.79 Å². The van der Waals surface area contributed by atoms with Crippen LogP contribution in [0, 0.1) is 0 Å². The average molecular weight is 577 g/mol. The molecule has 2 N–H and O–H groups in total. The highest BCUT2D eigenvalue weighted by molar-refractivity contribution is 6.00. The largest absolute Gasteiger partial charge is 0.453 e. The van der Waals surface area contributed by atoms with Gasteiger partial charge in [-0.25, -0.2) is 14.8 Å². The van der Waals surface area contributed by atoms with E-state index in [2.05, 4.69) is 51.1 Å². The monoisotopic (exact) mass is 576 g/mol. The predicted molar refractivity (Wildman–Crippen MR) is 165 cm³/mol. The molecule has 1 amide bonds. The van der Waals surface area contributed by atoms with Crippen molar-refractivity contribution in [3.63, 3.8) is 0 Å². The molecule has 2 aromatic carbocycles. The van der Waals surface area contributed by atoms with E-state index in [-0.39, 0.29) is 12.1 Å². The van der Waals surface area contributed by atoms with Gasteiger partial charge in [-0.05, 0) is 76.8 Å². The lowest BCUT2D eigenvalue weighted by atomic mass is 10.1. The lowest BCUT2D eigenvalue weighted by Gasteiger charge is -2.27. The van der Waals surface area contributed by atoms with Crippen LogP contribution in [0.3, 0.4) is 0 Å². The molecule has 9 heteroatoms. The van der Waals surface area contributed by atoms with E-state index in [1.807, 2.05) is 39.2 Å². The van der Waals surface area contributed by atoms with Crippen molar-refractivity contribution in [1.82, 2.24) is 29.4 Å². The maximum absolute atomic E-state index is 12.9. The van der Waals surface area contributed by atoms with Crippen molar-refractivity contribution in [2.75, 3.05) is 6.54 Å². The van der Waals surface area contributed by atoms with E-state index < -0.39 is 5.60 Å². The Bertz CT molecular complexity index is 1850. The molecule has 5 heterocycles. The number of aromatic amines is 2. The third-order valence-electron chi connectivity index (χ3n) is 8.98. The zero-order chi connectivity index (χ0) is 29.3. The van der Waals surface area contributed by atoms with Crippen LogP contribution in [0.15, 0.2) is 55.0 Å². The molecule has 5 aromatic rings. The van der Waals surface area contributed by atoms with Crippen LogP contribution >= 0.6 is 0 Å². The maximum atomic E-state index is 12.9. The first-order valence-corrected chi connectivity index (χ1v) is 15.4. The molecule has 220 valence electrons. The molecule has 1 atom stereocenters. The Balaban J connectivity index is 1.09. The van der Waals surface area contributed by atoms with Gasteiger partial charge in [-0.1, -0.05) is 18.9 Å². The van der Waals surface area contributed by atoms with Gasteiger partial charge in [0.05, 0.1) is 41.0 Å². The van der Waals surface area contributed by atoms with E-state index in [1.54, 1.807) is 4.90 Å². The number of rotatable bonds is 4. The van der Waals surface area contributed by atoms with E-state index in [9.17, 15) is 4.79 Å². The van der Waals surface area contributed by atoms with Gasteiger partial charge in [0.2, 0.25) is 0 Å². The quantitative estimate of drug-likeness (QED) is 0.220. The smallest absolute Gasteiger partial charge is 0.410 e. The highest BCUT2D eigenvalue weighted by Gasteiger charge is 2.35. The summed E-state index contributed by atoms with van der Waals surface area (Å²) >= 11 is 0. The number of aromatic nitrogens is 5. The first-order valence-electron chi connectivity index (χ1n) is 15.4. The Morgan fingerprint density at radius 1 is 0.930 bits per heavy atom. The van der Waals surface area contributed by atoms with Crippen molar-refractivity contribution in [3.05, 3.63) is 66.6 Å². The number of fused-ring (bicyclic) bond motifs is 2. The Morgan fingerprint density at radius 3 is 2.56 bits per heavy atom. The Kier molecular flexibility index (Phi) is 5.93. The van der Waals surface area contributed by atoms with E-state index in [1.165, 1.54) is 25.7 Å². The number of nitrogens with one attached hydrogen (secondary N) is 2. The number of ether oxygens (including phenoxy) is 2. The standard InChI is InChI=1S/C34H36N6O3/c1-34(2,3)43-33(41)40-15-6-9-27(40)32-36-19-25(38-32)22-11-13-28-30-23(22)14-16-39(30)26-12-10-21(17-29(26)42-28)24-18-35-31(37-24)20-7-4-5-8-20/h10-14,16-20,27H,4-9,15H2,1-3H3,(H,35,37)(H,36,38)/t27-/m0/s1. The molecule has 3 aromatic heterocycles. The van der Waals surface area contributed by atoms with Crippen molar-refractivity contribution in [2.45, 2.75) is 76.9 Å². The molecule has 2 fully saturated rings. The molecule has 1 saturated heterocycles. The highest BCUT2D eigenvalue weighted by Crippen LogP contribution is 2.45. The fraction of sp³-hybridized carbons (Fsp3) is 0.382. The van der Waals surface area contributed by atoms with E-state index in [4.69, 9.17) is 19.4 Å². The molecule has 0 unspecified atom stereocenters. The van der Waals surface area contributed by atoms with Gasteiger partial charge < -0.3 is 24.0 Å². The number of imidazole rings is 2. The number of carbonyl (C=O) groups excluding carboxylic acids is 1. The van der Waals surface area contributed by atoms with Crippen LogP contribution in [0.5, 0.6) is 11.5 Å². The van der Waals surface area contributed by atoms with Crippen LogP contribution in [0.1, 0.15) is 82.9 Å². The summed E-state index contributed by atoms with van der Waals surface area (Å²) in [7, 11) is 0. The fourth-order valence-corrected chi connectivity index (χ4v) is 6.95. The van der Waals surface area contributed by atoms with E-state index in [0.717, 1.165) is 75.1 Å². The second-order valence-corrected chi connectivity index (χ2v) is 13.0. The summed E-state index contributed by atoms with van der Waals surface area (Å²) in [6, 6.07) is 12.5. The van der Waals surface area contributed by atoms with Crippen molar-refractivity contribution in [2.24, 2.45) is 0 Å². The van der Waals surface area contributed by atoms with Gasteiger partial charge in [0.15, 0.2) is 11.5 Å². The number of likely N-dealkylation sites (tertiary alicyclic amines) is 1. The number of hydrogen-bond acceptors (Lipinski definition) is 5. The van der Waals surface area contributed by atoms with Crippen LogP contribution in [0.2, 0.25) is 0 Å². The number of hydrogen-bond donors (Lipinski definition) is 2. The molecule has 1 aliphatic carbocycles. The minimum absolute atomic E-state index is 0.129. The number of H-pyrrole nitrogens is 2. The first-order chi connectivity index (χ1) is 20.8. The van der Waals surface area contributed by atoms with Gasteiger partial charge in [-0.2, -0.15) is 0 Å². The third kappa shape index (κ3) is 4.49. The Labute approximate surface area is 250 Å². The van der Waals surface area contributed by atoms with Gasteiger partial charge in [0.1, 0.15) is 17.2 Å². The van der Waals surface area contributed by atoms with Gasteiger partial charge >= 0.3 is 6.09 Å². The first kappa shape index (κ1) is 26.1. The van der Waals surface area contributed by atoms with Gasteiger partial charge in [-0.15, -0.1) is 0 Å². The summed E-state index contributed by atoms with van der Waals surface area (Å²) in [4.78, 5) is 31.2. The van der Waals surface area contributed by atoms with Gasteiger partial charge in [0, 0.05) is 35.2 Å². The summed E-state index contributed by atoms with van der Waals surface area (Å²) in [6.45, 7) is 6.34. The highest BCUT2D eigenvalue weighted by atomic mass is 16.6. The fourth-order valence-electron chi connectivity index (χ4n) is 6.95. The molecule has 8 rings (SSSR count). The Hall–Kier alpha value is -4.53. The minimum atomic E-state index is -0.538. The molecule has 1 saturated carbocycles. The van der Waals surface area contributed by atoms with Crippen molar-refractivity contribution in [3.8, 4) is 39.7 Å². The van der Waals surface area contributed by atoms with Crippen LogP contribution in [0.25, 0.3) is 39.1 Å². The minimum Gasteiger partial charge on any atom is -0.453 e. The van der Waals surface area contributed by atoms with Crippen LogP contribution in [-0.4, -0.2) is 47.6 Å². The van der Waals surface area contributed by atoms with Crippen molar-refractivity contribution < 1.29 is 14.3 Å². The molecule has 0 spiro atoms. The zero-order valence-electron chi connectivity index (χ0n) is 24.8. The summed E-state index contributed by atoms with van der Waals surface area (Å²) in [5.74, 6) is 4.07. The van der Waals surface area contributed by atoms with Crippen molar-refractivity contribution in [1.29, 1.82) is 0 Å². The molecular formula is C34H36N6O3. The summed E-state index contributed by atoms with van der Waals surface area (Å²) in [5.41, 5.74) is 5.53. The maximum Gasteiger partial charge on any atom is 0.410 e. The average Bonchev–Trinajstić information content (AvgIpc) is 3.82. The SMILES string of the molecule is CC(C)(C)OC(=O)N1CCC[C@H]1c1ncc(-c2ccc3c4c2ccn4-c2ccc(-c4cnc(C5CCCC5)[nH]4)cc2O3)[nH]1. The lowest BCUT2D eigenvalue weighted by Crippen LogP contribution is -2.36. The summed E-state index contributed by atoms with van der Waals surface area (Å²) < 4.78 is 14.4. The van der Waals surface area contributed by atoms with E-state index in [0.29, 0.717) is 12.5 Å². The topological polar surface area (TPSA) is 101 Å². The molecule has 0 radical (unpaired) electrons. The molecule has 9 nitrogen and oxygen atoms in total. The second-order valence-electron chi connectivity index (χ2n) is 13.0. The normalized spacial score (nSPS) is 18.3. The third-order valence-corrected chi connectivity index (χ3v) is 8.98.